The Hall–Kier alpha value is -3.07. The fourth-order valence-corrected chi connectivity index (χ4v) is 4.07. The summed E-state index contributed by atoms with van der Waals surface area (Å²) < 4.78 is 50.0. The summed E-state index contributed by atoms with van der Waals surface area (Å²) in [4.78, 5) is 27.3. The van der Waals surface area contributed by atoms with Crippen molar-refractivity contribution in [2.24, 2.45) is 0 Å². The van der Waals surface area contributed by atoms with Gasteiger partial charge >= 0.3 is 6.18 Å². The first-order valence-corrected chi connectivity index (χ1v) is 10.3. The molecule has 0 aromatic heterocycles. The number of nitrogens with zero attached hydrogens (tertiary/aromatic N) is 1. The molecule has 0 aliphatic carbocycles. The minimum absolute atomic E-state index is 0.0701. The van der Waals surface area contributed by atoms with E-state index in [9.17, 15) is 22.8 Å². The Balaban J connectivity index is 1.54. The lowest BCUT2D eigenvalue weighted by molar-refractivity contribution is -0.137. The van der Waals surface area contributed by atoms with Crippen molar-refractivity contribution >= 4 is 17.5 Å². The van der Waals surface area contributed by atoms with Gasteiger partial charge in [-0.2, -0.15) is 13.2 Å². The Morgan fingerprint density at radius 1 is 1.12 bits per heavy atom. The van der Waals surface area contributed by atoms with Gasteiger partial charge in [-0.25, -0.2) is 0 Å². The molecule has 0 unspecified atom stereocenters. The zero-order valence-corrected chi connectivity index (χ0v) is 17.6. The van der Waals surface area contributed by atoms with Crippen molar-refractivity contribution in [1.82, 2.24) is 4.90 Å². The maximum atomic E-state index is 13.1. The molecule has 1 N–H and O–H groups in total. The van der Waals surface area contributed by atoms with Crippen molar-refractivity contribution in [3.8, 4) is 5.75 Å². The Morgan fingerprint density at radius 2 is 1.84 bits per heavy atom. The zero-order valence-electron chi connectivity index (χ0n) is 17.6. The Kier molecular flexibility index (Phi) is 5.85. The highest BCUT2D eigenvalue weighted by atomic mass is 19.4. The molecular formula is C23H23F3N2O4. The molecule has 1 fully saturated rings. The number of hydrogen-bond donors (Lipinski definition) is 1. The molecule has 0 spiro atoms. The third kappa shape index (κ3) is 4.43. The molecule has 0 radical (unpaired) electrons. The van der Waals surface area contributed by atoms with Crippen molar-refractivity contribution in [3.05, 3.63) is 59.2 Å². The maximum Gasteiger partial charge on any atom is 0.416 e. The van der Waals surface area contributed by atoms with Crippen molar-refractivity contribution < 1.29 is 32.2 Å². The molecule has 2 heterocycles. The number of nitrogens with one attached hydrogen (secondary N) is 1. The molecule has 3 atom stereocenters. The van der Waals surface area contributed by atoms with Gasteiger partial charge in [0.15, 0.2) is 0 Å². The van der Waals surface area contributed by atoms with Crippen LogP contribution < -0.4 is 10.1 Å². The van der Waals surface area contributed by atoms with Crippen LogP contribution in [0.4, 0.5) is 18.9 Å². The minimum Gasteiger partial charge on any atom is -0.490 e. The molecule has 170 valence electrons. The van der Waals surface area contributed by atoms with Crippen molar-refractivity contribution in [2.45, 2.75) is 44.2 Å². The predicted molar refractivity (Wildman–Crippen MR) is 111 cm³/mol. The number of benzene rings is 2. The highest BCUT2D eigenvalue weighted by molar-refractivity contribution is 6.05. The van der Waals surface area contributed by atoms with E-state index in [1.54, 1.807) is 24.1 Å². The van der Waals surface area contributed by atoms with Gasteiger partial charge < -0.3 is 19.7 Å². The van der Waals surface area contributed by atoms with Gasteiger partial charge in [-0.15, -0.1) is 0 Å². The SMILES string of the molecule is C[C@@H]1CC[C@H]2[C@H](COc3ccc(NC(=O)c4ccc(C(F)(F)F)cc4)cc3C(=O)N2C)O1. The van der Waals surface area contributed by atoms with E-state index >= 15 is 0 Å². The number of fused-ring (bicyclic) bond motifs is 2. The van der Waals surface area contributed by atoms with E-state index in [-0.39, 0.29) is 29.7 Å². The van der Waals surface area contributed by atoms with Gasteiger partial charge in [0.1, 0.15) is 18.5 Å². The van der Waals surface area contributed by atoms with Gasteiger partial charge in [-0.3, -0.25) is 9.59 Å². The molecule has 32 heavy (non-hydrogen) atoms. The summed E-state index contributed by atoms with van der Waals surface area (Å²) >= 11 is 0. The second kappa shape index (κ2) is 8.46. The molecule has 0 saturated carbocycles. The average Bonchev–Trinajstić information content (AvgIpc) is 2.76. The van der Waals surface area contributed by atoms with Crippen LogP contribution in [0.15, 0.2) is 42.5 Å². The van der Waals surface area contributed by atoms with E-state index in [2.05, 4.69) is 5.32 Å². The van der Waals surface area contributed by atoms with E-state index in [1.807, 2.05) is 6.92 Å². The topological polar surface area (TPSA) is 67.9 Å². The quantitative estimate of drug-likeness (QED) is 0.742. The summed E-state index contributed by atoms with van der Waals surface area (Å²) in [6.45, 7) is 2.30. The van der Waals surface area contributed by atoms with Crippen LogP contribution in [0.2, 0.25) is 0 Å². The average molecular weight is 448 g/mol. The van der Waals surface area contributed by atoms with Crippen LogP contribution in [0, 0.1) is 0 Å². The molecule has 2 amide bonds. The van der Waals surface area contributed by atoms with Crippen molar-refractivity contribution in [3.63, 3.8) is 0 Å². The molecule has 0 bridgehead atoms. The first-order valence-electron chi connectivity index (χ1n) is 10.3. The maximum absolute atomic E-state index is 13.1. The molecule has 2 aromatic carbocycles. The van der Waals surface area contributed by atoms with Crippen molar-refractivity contribution in [1.29, 1.82) is 0 Å². The first-order chi connectivity index (χ1) is 15.1. The van der Waals surface area contributed by atoms with Gasteiger partial charge in [0.25, 0.3) is 11.8 Å². The minimum atomic E-state index is -4.47. The summed E-state index contributed by atoms with van der Waals surface area (Å²) in [5.74, 6) is -0.450. The zero-order chi connectivity index (χ0) is 23.0. The van der Waals surface area contributed by atoms with E-state index in [4.69, 9.17) is 9.47 Å². The number of anilines is 1. The summed E-state index contributed by atoms with van der Waals surface area (Å²) in [7, 11) is 1.72. The molecule has 1 saturated heterocycles. The molecule has 2 aliphatic heterocycles. The molecular weight excluding hydrogens is 425 g/mol. The Morgan fingerprint density at radius 3 is 2.53 bits per heavy atom. The first kappa shape index (κ1) is 22.1. The number of hydrogen-bond acceptors (Lipinski definition) is 4. The highest BCUT2D eigenvalue weighted by Crippen LogP contribution is 2.32. The summed E-state index contributed by atoms with van der Waals surface area (Å²) in [6.07, 6.45) is -2.95. The van der Waals surface area contributed by atoms with Gasteiger partial charge in [0.2, 0.25) is 0 Å². The number of alkyl halides is 3. The molecule has 9 heteroatoms. The van der Waals surface area contributed by atoms with E-state index in [1.165, 1.54) is 6.07 Å². The number of rotatable bonds is 2. The third-order valence-electron chi connectivity index (χ3n) is 5.87. The predicted octanol–water partition coefficient (Wildman–Crippen LogP) is 4.36. The fourth-order valence-electron chi connectivity index (χ4n) is 4.07. The lowest BCUT2D eigenvalue weighted by Crippen LogP contribution is -2.53. The van der Waals surface area contributed by atoms with Crippen LogP contribution in [0.5, 0.6) is 5.75 Å². The number of ether oxygens (including phenoxy) is 2. The Bertz CT molecular complexity index is 1020. The standard InChI is InChI=1S/C23H23F3N2O4/c1-13-3-9-18-20(32-13)12-31-19-10-8-16(11-17(19)22(30)28(18)2)27-21(29)14-4-6-15(7-5-14)23(24,25)26/h4-8,10-11,13,18,20H,3,9,12H2,1-2H3,(H,27,29)/t13-,18+,20+/m1/s1. The highest BCUT2D eigenvalue weighted by Gasteiger charge is 2.37. The number of likely N-dealkylation sites (N-methyl/N-ethyl adjacent to an activating group) is 1. The number of halogens is 3. The van der Waals surface area contributed by atoms with Crippen LogP contribution >= 0.6 is 0 Å². The van der Waals surface area contributed by atoms with Gasteiger partial charge in [0, 0.05) is 18.3 Å². The van der Waals surface area contributed by atoms with Crippen LogP contribution in [0.1, 0.15) is 46.0 Å². The second-order valence-corrected chi connectivity index (χ2v) is 8.10. The van der Waals surface area contributed by atoms with Crippen molar-refractivity contribution in [2.75, 3.05) is 19.0 Å². The van der Waals surface area contributed by atoms with Crippen LogP contribution in [0.3, 0.4) is 0 Å². The molecule has 2 aliphatic rings. The molecule has 4 rings (SSSR count). The lowest BCUT2D eigenvalue weighted by Gasteiger charge is -2.41. The summed E-state index contributed by atoms with van der Waals surface area (Å²) in [6, 6.07) is 8.50. The number of carbonyl (C=O) groups excluding carboxylic acids is 2. The van der Waals surface area contributed by atoms with E-state index in [0.717, 1.165) is 37.1 Å². The Labute approximate surface area is 183 Å². The van der Waals surface area contributed by atoms with Crippen LogP contribution in [0.25, 0.3) is 0 Å². The normalized spacial score (nSPS) is 23.3. The van der Waals surface area contributed by atoms with E-state index in [0.29, 0.717) is 23.6 Å². The summed E-state index contributed by atoms with van der Waals surface area (Å²) in [5, 5.41) is 2.63. The fraction of sp³-hybridized carbons (Fsp3) is 0.391. The van der Waals surface area contributed by atoms with Gasteiger partial charge in [-0.05, 0) is 62.2 Å². The number of carbonyl (C=O) groups is 2. The van der Waals surface area contributed by atoms with Gasteiger partial charge in [0.05, 0.1) is 23.3 Å². The largest absolute Gasteiger partial charge is 0.490 e. The second-order valence-electron chi connectivity index (χ2n) is 8.10. The lowest BCUT2D eigenvalue weighted by atomic mass is 9.96. The third-order valence-corrected chi connectivity index (χ3v) is 5.87. The molecule has 6 nitrogen and oxygen atoms in total. The van der Waals surface area contributed by atoms with E-state index < -0.39 is 17.6 Å². The monoisotopic (exact) mass is 448 g/mol. The number of amides is 2. The van der Waals surface area contributed by atoms with Crippen LogP contribution in [-0.4, -0.2) is 48.6 Å². The van der Waals surface area contributed by atoms with Crippen LogP contribution in [-0.2, 0) is 10.9 Å². The summed E-state index contributed by atoms with van der Waals surface area (Å²) in [5.41, 5.74) is -0.125. The van der Waals surface area contributed by atoms with Gasteiger partial charge in [-0.1, -0.05) is 0 Å². The molecule has 2 aromatic rings. The smallest absolute Gasteiger partial charge is 0.416 e.